The van der Waals surface area contributed by atoms with Gasteiger partial charge >= 0.3 is 5.97 Å². The van der Waals surface area contributed by atoms with Crippen molar-refractivity contribution in [2.75, 3.05) is 0 Å². The minimum atomic E-state index is -1.08. The molecule has 1 heterocycles. The third-order valence-electron chi connectivity index (χ3n) is 2.59. The van der Waals surface area contributed by atoms with Crippen LogP contribution in [-0.2, 0) is 18.4 Å². The van der Waals surface area contributed by atoms with Gasteiger partial charge < -0.3 is 9.84 Å². The van der Waals surface area contributed by atoms with Gasteiger partial charge in [0.15, 0.2) is 5.82 Å². The lowest BCUT2D eigenvalue weighted by atomic mass is 10.2. The van der Waals surface area contributed by atoms with Gasteiger partial charge in [-0.05, 0) is 18.2 Å². The second-order valence-corrected chi connectivity index (χ2v) is 4.91. The molecule has 0 saturated carbocycles. The molecule has 110 valence electrons. The molecule has 0 unspecified atom stereocenters. The third-order valence-corrected chi connectivity index (χ3v) is 3.09. The Morgan fingerprint density at radius 1 is 1.48 bits per heavy atom. The van der Waals surface area contributed by atoms with E-state index >= 15 is 0 Å². The van der Waals surface area contributed by atoms with Crippen molar-refractivity contribution in [1.82, 2.24) is 14.8 Å². The molecule has 0 aliphatic heterocycles. The maximum atomic E-state index is 10.6. The molecule has 1 N–H and O–H groups in total. The molecule has 0 spiro atoms. The number of rotatable bonds is 5. The Kier molecular flexibility index (Phi) is 4.82. The van der Waals surface area contributed by atoms with E-state index in [2.05, 4.69) is 10.1 Å². The summed E-state index contributed by atoms with van der Waals surface area (Å²) in [6.07, 6.45) is 3.76. The topological polar surface area (TPSA) is 77.2 Å². The van der Waals surface area contributed by atoms with Crippen LogP contribution in [0.1, 0.15) is 11.4 Å². The van der Waals surface area contributed by atoms with Gasteiger partial charge in [-0.25, -0.2) is 9.78 Å². The largest absolute Gasteiger partial charge is 0.483 e. The smallest absolute Gasteiger partial charge is 0.328 e. The summed E-state index contributed by atoms with van der Waals surface area (Å²) in [6.45, 7) is 0.145. The van der Waals surface area contributed by atoms with Gasteiger partial charge in [0.05, 0.1) is 5.02 Å². The van der Waals surface area contributed by atoms with E-state index in [-0.39, 0.29) is 11.6 Å². The van der Waals surface area contributed by atoms with Crippen LogP contribution < -0.4 is 4.74 Å². The van der Waals surface area contributed by atoms with Crippen LogP contribution in [0.4, 0.5) is 0 Å². The van der Waals surface area contributed by atoms with E-state index in [1.165, 1.54) is 18.5 Å². The molecule has 8 heteroatoms. The SMILES string of the molecule is Cn1ncnc1COc1c(Cl)cc(Cl)cc1C=CC(=O)O. The molecule has 0 atom stereocenters. The van der Waals surface area contributed by atoms with Crippen molar-refractivity contribution < 1.29 is 14.6 Å². The zero-order valence-electron chi connectivity index (χ0n) is 11.0. The van der Waals surface area contributed by atoms with Crippen molar-refractivity contribution in [3.05, 3.63) is 46.0 Å². The van der Waals surface area contributed by atoms with Crippen LogP contribution in [0.5, 0.6) is 5.75 Å². The van der Waals surface area contributed by atoms with Crippen LogP contribution in [0.3, 0.4) is 0 Å². The Morgan fingerprint density at radius 2 is 2.24 bits per heavy atom. The van der Waals surface area contributed by atoms with Gasteiger partial charge in [-0.1, -0.05) is 23.2 Å². The summed E-state index contributed by atoms with van der Waals surface area (Å²) in [6, 6.07) is 3.09. The number of aryl methyl sites for hydroxylation is 1. The predicted octanol–water partition coefficient (Wildman–Crippen LogP) is 2.80. The second-order valence-electron chi connectivity index (χ2n) is 4.07. The number of nitrogens with zero attached hydrogens (tertiary/aromatic N) is 3. The maximum absolute atomic E-state index is 10.6. The number of carbonyl (C=O) groups is 1. The molecule has 0 radical (unpaired) electrons. The van der Waals surface area contributed by atoms with E-state index in [1.54, 1.807) is 17.8 Å². The van der Waals surface area contributed by atoms with Gasteiger partial charge in [-0.2, -0.15) is 5.10 Å². The summed E-state index contributed by atoms with van der Waals surface area (Å²) >= 11 is 12.0. The summed E-state index contributed by atoms with van der Waals surface area (Å²) in [5.41, 5.74) is 0.470. The summed E-state index contributed by atoms with van der Waals surface area (Å²) in [4.78, 5) is 14.7. The standard InChI is InChI=1S/C13H11Cl2N3O3/c1-18-11(16-7-17-18)6-21-13-8(2-3-12(19)20)4-9(14)5-10(13)15/h2-5,7H,6H2,1H3,(H,19,20). The van der Waals surface area contributed by atoms with E-state index < -0.39 is 5.97 Å². The summed E-state index contributed by atoms with van der Waals surface area (Å²) in [5.74, 6) is -0.138. The quantitative estimate of drug-likeness (QED) is 0.854. The normalized spacial score (nSPS) is 11.0. The molecule has 0 aliphatic rings. The van der Waals surface area contributed by atoms with Crippen LogP contribution in [0.15, 0.2) is 24.5 Å². The maximum Gasteiger partial charge on any atom is 0.328 e. The number of carboxylic acid groups (broad SMARTS) is 1. The van der Waals surface area contributed by atoms with Crippen molar-refractivity contribution in [3.8, 4) is 5.75 Å². The van der Waals surface area contributed by atoms with Crippen LogP contribution in [0, 0.1) is 0 Å². The lowest BCUT2D eigenvalue weighted by Crippen LogP contribution is -2.05. The molecule has 1 aromatic carbocycles. The fraction of sp³-hybridized carbons (Fsp3) is 0.154. The fourth-order valence-corrected chi connectivity index (χ4v) is 2.17. The average Bonchev–Trinajstić information content (AvgIpc) is 2.80. The second kappa shape index (κ2) is 6.60. The van der Waals surface area contributed by atoms with E-state index in [0.717, 1.165) is 6.08 Å². The number of ether oxygens (including phenoxy) is 1. The van der Waals surface area contributed by atoms with Gasteiger partial charge in [0.1, 0.15) is 18.7 Å². The molecule has 0 saturated heterocycles. The van der Waals surface area contributed by atoms with Gasteiger partial charge in [0.2, 0.25) is 0 Å². The minimum Gasteiger partial charge on any atom is -0.483 e. The zero-order valence-corrected chi connectivity index (χ0v) is 12.5. The van der Waals surface area contributed by atoms with Crippen molar-refractivity contribution in [3.63, 3.8) is 0 Å². The fourth-order valence-electron chi connectivity index (χ4n) is 1.60. The number of hydrogen-bond donors (Lipinski definition) is 1. The minimum absolute atomic E-state index is 0.145. The average molecular weight is 328 g/mol. The van der Waals surface area contributed by atoms with Crippen molar-refractivity contribution >= 4 is 35.2 Å². The molecule has 0 amide bonds. The van der Waals surface area contributed by atoms with Gasteiger partial charge in [0, 0.05) is 23.7 Å². The first-order valence-corrected chi connectivity index (χ1v) is 6.58. The van der Waals surface area contributed by atoms with Gasteiger partial charge in [0.25, 0.3) is 0 Å². The molecule has 6 nitrogen and oxygen atoms in total. The van der Waals surface area contributed by atoms with E-state index in [1.807, 2.05) is 0 Å². The Balaban J connectivity index is 2.28. The van der Waals surface area contributed by atoms with E-state index in [9.17, 15) is 4.79 Å². The molecule has 1 aromatic heterocycles. The molecular weight excluding hydrogens is 317 g/mol. The highest BCUT2D eigenvalue weighted by Crippen LogP contribution is 2.33. The molecule has 0 fully saturated rings. The van der Waals surface area contributed by atoms with Crippen LogP contribution in [0.25, 0.3) is 6.08 Å². The van der Waals surface area contributed by atoms with E-state index in [4.69, 9.17) is 33.0 Å². The lowest BCUT2D eigenvalue weighted by molar-refractivity contribution is -0.131. The van der Waals surface area contributed by atoms with Gasteiger partial charge in [-0.3, -0.25) is 4.68 Å². The molecule has 21 heavy (non-hydrogen) atoms. The number of aliphatic carboxylic acids is 1. The zero-order chi connectivity index (χ0) is 15.4. The Bertz CT molecular complexity index is 698. The Hall–Kier alpha value is -2.05. The Labute approximate surface area is 130 Å². The molecule has 0 bridgehead atoms. The molecule has 0 aliphatic carbocycles. The summed E-state index contributed by atoms with van der Waals surface area (Å²) in [5, 5.41) is 13.3. The highest BCUT2D eigenvalue weighted by Gasteiger charge is 2.11. The summed E-state index contributed by atoms with van der Waals surface area (Å²) < 4.78 is 7.19. The lowest BCUT2D eigenvalue weighted by Gasteiger charge is -2.11. The number of hydrogen-bond acceptors (Lipinski definition) is 4. The molecular formula is C13H11Cl2N3O3. The monoisotopic (exact) mass is 327 g/mol. The first-order chi connectivity index (χ1) is 9.97. The molecule has 2 rings (SSSR count). The van der Waals surface area contributed by atoms with E-state index in [0.29, 0.717) is 22.2 Å². The molecule has 2 aromatic rings. The van der Waals surface area contributed by atoms with Gasteiger partial charge in [-0.15, -0.1) is 0 Å². The van der Waals surface area contributed by atoms with Crippen LogP contribution in [0.2, 0.25) is 10.0 Å². The number of aromatic nitrogens is 3. The van der Waals surface area contributed by atoms with Crippen molar-refractivity contribution in [2.45, 2.75) is 6.61 Å². The highest BCUT2D eigenvalue weighted by molar-refractivity contribution is 6.35. The number of halogens is 2. The predicted molar refractivity (Wildman–Crippen MR) is 78.5 cm³/mol. The van der Waals surface area contributed by atoms with Crippen molar-refractivity contribution in [2.24, 2.45) is 7.05 Å². The highest BCUT2D eigenvalue weighted by atomic mass is 35.5. The first-order valence-electron chi connectivity index (χ1n) is 5.83. The Morgan fingerprint density at radius 3 is 2.86 bits per heavy atom. The van der Waals surface area contributed by atoms with Crippen LogP contribution in [-0.4, -0.2) is 25.8 Å². The van der Waals surface area contributed by atoms with Crippen LogP contribution >= 0.6 is 23.2 Å². The summed E-state index contributed by atoms with van der Waals surface area (Å²) in [7, 11) is 1.74. The number of benzene rings is 1. The number of carboxylic acids is 1. The third kappa shape index (κ3) is 3.96. The van der Waals surface area contributed by atoms with Crippen molar-refractivity contribution in [1.29, 1.82) is 0 Å². The first kappa shape index (κ1) is 15.3.